The molecule has 0 radical (unpaired) electrons. The van der Waals surface area contributed by atoms with Crippen molar-refractivity contribution in [2.45, 2.75) is 17.4 Å². The molecule has 1 heterocycles. The van der Waals surface area contributed by atoms with Crippen LogP contribution in [0, 0.1) is 0 Å². The van der Waals surface area contributed by atoms with Gasteiger partial charge in [-0.1, -0.05) is 83.2 Å². The number of rotatable bonds is 4. The second-order valence-corrected chi connectivity index (χ2v) is 8.75. The molecule has 4 aromatic rings. The van der Waals surface area contributed by atoms with Crippen LogP contribution >= 0.6 is 23.6 Å². The fourth-order valence-corrected chi connectivity index (χ4v) is 3.97. The van der Waals surface area contributed by atoms with Crippen LogP contribution in [0.15, 0.2) is 89.3 Å². The first-order valence-electron chi connectivity index (χ1n) is 8.68. The van der Waals surface area contributed by atoms with Crippen molar-refractivity contribution in [2.75, 3.05) is 0 Å². The molecule has 0 aliphatic heterocycles. The molecule has 0 amide bonds. The Balaban J connectivity index is 0.000000231. The molecule has 2 nitrogen and oxygen atoms in total. The number of aromatic nitrogens is 1. The van der Waals surface area contributed by atoms with E-state index in [1.807, 2.05) is 65.6 Å². The van der Waals surface area contributed by atoms with Gasteiger partial charge in [-0.2, -0.15) is 0 Å². The van der Waals surface area contributed by atoms with E-state index in [9.17, 15) is 0 Å². The first-order valence-corrected chi connectivity index (χ1v) is 10.7. The molecule has 0 unspecified atom stereocenters. The fraction of sp³-hybridized carbons (Fsp3) is 0.0909. The molecule has 0 bridgehead atoms. The largest absolute Gasteiger partial charge is 2.00 e. The summed E-state index contributed by atoms with van der Waals surface area (Å²) in [4.78, 5) is 6.18. The number of nitrogens with zero attached hydrogens (tertiary/aromatic N) is 2. The van der Waals surface area contributed by atoms with Gasteiger partial charge in [0.25, 0.3) is 0 Å². The molecule has 3 aromatic carbocycles. The number of fused-ring (bicyclic) bond motifs is 1. The molecule has 0 saturated heterocycles. The summed E-state index contributed by atoms with van der Waals surface area (Å²) in [6.45, 7) is 1.52. The van der Waals surface area contributed by atoms with Crippen molar-refractivity contribution in [3.63, 3.8) is 0 Å². The first kappa shape index (κ1) is 23.8. The van der Waals surface area contributed by atoms with E-state index >= 15 is 0 Å². The van der Waals surface area contributed by atoms with Gasteiger partial charge in [0.2, 0.25) is 0 Å². The van der Waals surface area contributed by atoms with Crippen LogP contribution in [0.1, 0.15) is 11.1 Å². The summed E-state index contributed by atoms with van der Waals surface area (Å²) in [5.41, 5.74) is 3.46. The Bertz CT molecular complexity index is 948. The second kappa shape index (κ2) is 12.3. The Morgan fingerprint density at radius 3 is 1.79 bits per heavy atom. The number of thiazole rings is 1. The summed E-state index contributed by atoms with van der Waals surface area (Å²) in [5.74, 6) is 0. The third-order valence-electron chi connectivity index (χ3n) is 3.96. The molecule has 142 valence electrons. The van der Waals surface area contributed by atoms with Crippen LogP contribution in [0.2, 0.25) is 0 Å². The minimum Gasteiger partial charge on any atom is -0.411 e. The van der Waals surface area contributed by atoms with Crippen LogP contribution in [0.25, 0.3) is 10.2 Å². The SMILES string of the molecule is S=C([S-])N(Cc1ccccc1)Cc1ccccc1.[S-]c1nc2ccccc2s1.[Zn+2]. The van der Waals surface area contributed by atoms with E-state index in [2.05, 4.69) is 29.2 Å². The van der Waals surface area contributed by atoms with E-state index in [0.29, 0.717) is 4.32 Å². The van der Waals surface area contributed by atoms with Crippen LogP contribution in [-0.4, -0.2) is 14.2 Å². The number of thiocarbonyl (C=S) groups is 1. The van der Waals surface area contributed by atoms with Crippen LogP contribution < -0.4 is 0 Å². The van der Waals surface area contributed by atoms with Crippen molar-refractivity contribution in [3.8, 4) is 0 Å². The Kier molecular flexibility index (Phi) is 10.0. The Morgan fingerprint density at radius 1 is 0.828 bits per heavy atom. The molecule has 0 saturated carbocycles. The number of hydrogen-bond acceptors (Lipinski definition) is 5. The van der Waals surface area contributed by atoms with Crippen LogP contribution in [-0.2, 0) is 57.8 Å². The Hall–Kier alpha value is -1.50. The van der Waals surface area contributed by atoms with Gasteiger partial charge in [-0.05, 0) is 26.2 Å². The molecular formula is C22H18N2S4Zn. The molecule has 4 rings (SSSR count). The van der Waals surface area contributed by atoms with Gasteiger partial charge in [-0.25, -0.2) is 0 Å². The van der Waals surface area contributed by atoms with Gasteiger partial charge < -0.3 is 53.7 Å². The van der Waals surface area contributed by atoms with Crippen molar-refractivity contribution in [2.24, 2.45) is 0 Å². The number of benzene rings is 3. The van der Waals surface area contributed by atoms with E-state index in [0.717, 1.165) is 22.9 Å². The van der Waals surface area contributed by atoms with E-state index in [-0.39, 0.29) is 19.5 Å². The van der Waals surface area contributed by atoms with Crippen molar-refractivity contribution in [1.82, 2.24) is 9.88 Å². The maximum atomic E-state index is 5.16. The van der Waals surface area contributed by atoms with Crippen LogP contribution in [0.5, 0.6) is 0 Å². The van der Waals surface area contributed by atoms with Gasteiger partial charge in [0.05, 0.1) is 5.52 Å². The summed E-state index contributed by atoms with van der Waals surface area (Å²) in [5, 5.41) is 0. The van der Waals surface area contributed by atoms with Gasteiger partial charge >= 0.3 is 19.5 Å². The molecule has 0 N–H and O–H groups in total. The van der Waals surface area contributed by atoms with E-state index in [4.69, 9.17) is 37.5 Å². The molecule has 0 fully saturated rings. The van der Waals surface area contributed by atoms with E-state index in [1.54, 1.807) is 11.3 Å². The molecule has 0 atom stereocenters. The third-order valence-corrected chi connectivity index (χ3v) is 5.65. The summed E-state index contributed by atoms with van der Waals surface area (Å²) < 4.78 is 2.41. The predicted molar refractivity (Wildman–Crippen MR) is 127 cm³/mol. The zero-order valence-electron chi connectivity index (χ0n) is 15.7. The molecule has 0 spiro atoms. The molecular weight excluding hydrogens is 486 g/mol. The Morgan fingerprint density at radius 2 is 1.31 bits per heavy atom. The second-order valence-electron chi connectivity index (χ2n) is 6.04. The molecule has 0 aliphatic carbocycles. The fourth-order valence-electron chi connectivity index (χ4n) is 2.64. The summed E-state index contributed by atoms with van der Waals surface area (Å²) in [7, 11) is 0. The normalized spacial score (nSPS) is 9.79. The smallest absolute Gasteiger partial charge is 0.411 e. The van der Waals surface area contributed by atoms with Crippen molar-refractivity contribution in [3.05, 3.63) is 96.1 Å². The monoisotopic (exact) mass is 502 g/mol. The molecule has 1 aromatic heterocycles. The number of hydrogen-bond donors (Lipinski definition) is 0. The van der Waals surface area contributed by atoms with Gasteiger partial charge in [0, 0.05) is 13.1 Å². The van der Waals surface area contributed by atoms with Gasteiger partial charge in [0.1, 0.15) is 0 Å². The summed E-state index contributed by atoms with van der Waals surface area (Å²) in [6.07, 6.45) is 0. The van der Waals surface area contributed by atoms with E-state index < -0.39 is 0 Å². The minimum absolute atomic E-state index is 0. The van der Waals surface area contributed by atoms with Crippen LogP contribution in [0.4, 0.5) is 0 Å². The average Bonchev–Trinajstić information content (AvgIpc) is 3.09. The topological polar surface area (TPSA) is 16.1 Å². The van der Waals surface area contributed by atoms with E-state index in [1.165, 1.54) is 15.8 Å². The van der Waals surface area contributed by atoms with Crippen LogP contribution in [0.3, 0.4) is 0 Å². The maximum absolute atomic E-state index is 5.16. The zero-order valence-corrected chi connectivity index (χ0v) is 22.0. The standard InChI is InChI=1S/C15H15NS2.C7H5NS2.Zn/c17-15(18)16(11-13-7-3-1-4-8-13)12-14-9-5-2-6-10-14;9-7-8-5-3-1-2-4-6(5)10-7;/h1-10H,11-12H2,(H,17,18);1-4H,(H,8,9);/q;;+2/p-2. The maximum Gasteiger partial charge on any atom is 2.00 e. The van der Waals surface area contributed by atoms with Gasteiger partial charge in [-0.15, -0.1) is 0 Å². The summed E-state index contributed by atoms with van der Waals surface area (Å²) >= 11 is 16.8. The Labute approximate surface area is 205 Å². The van der Waals surface area contributed by atoms with Gasteiger partial charge in [-0.3, -0.25) is 4.98 Å². The van der Waals surface area contributed by atoms with Gasteiger partial charge in [0.15, 0.2) is 0 Å². The number of para-hydroxylation sites is 1. The minimum atomic E-state index is 0. The third kappa shape index (κ3) is 7.69. The molecule has 29 heavy (non-hydrogen) atoms. The van der Waals surface area contributed by atoms with Crippen molar-refractivity contribution >= 4 is 63.3 Å². The average molecular weight is 504 g/mol. The summed E-state index contributed by atoms with van der Waals surface area (Å²) in [6, 6.07) is 28.5. The van der Waals surface area contributed by atoms with Crippen molar-refractivity contribution in [1.29, 1.82) is 0 Å². The quantitative estimate of drug-likeness (QED) is 0.200. The predicted octanol–water partition coefficient (Wildman–Crippen LogP) is 5.72. The first-order chi connectivity index (χ1) is 13.6. The van der Waals surface area contributed by atoms with Crippen molar-refractivity contribution < 1.29 is 19.5 Å². The zero-order chi connectivity index (χ0) is 19.8. The molecule has 7 heteroatoms. The molecule has 0 aliphatic rings.